The maximum absolute atomic E-state index is 5.86. The highest BCUT2D eigenvalue weighted by atomic mass is 35.5. The molecule has 1 aliphatic rings. The molecule has 0 saturated heterocycles. The fourth-order valence-corrected chi connectivity index (χ4v) is 1.22. The quantitative estimate of drug-likeness (QED) is 0.667. The zero-order chi connectivity index (χ0) is 9.35. The van der Waals surface area contributed by atoms with Crippen LogP contribution in [0.1, 0.15) is 20.8 Å². The van der Waals surface area contributed by atoms with Crippen molar-refractivity contribution in [2.24, 2.45) is 0 Å². The van der Waals surface area contributed by atoms with Crippen LogP contribution in [0.4, 0.5) is 0 Å². The summed E-state index contributed by atoms with van der Waals surface area (Å²) in [5.41, 5.74) is -0.452. The lowest BCUT2D eigenvalue weighted by Crippen LogP contribution is -2.46. The molecule has 12 heavy (non-hydrogen) atoms. The molecule has 0 fully saturated rings. The molecule has 1 atom stereocenters. The van der Waals surface area contributed by atoms with E-state index >= 15 is 0 Å². The summed E-state index contributed by atoms with van der Waals surface area (Å²) in [7, 11) is 1.64. The lowest BCUT2D eigenvalue weighted by molar-refractivity contribution is -0.260. The van der Waals surface area contributed by atoms with Gasteiger partial charge in [-0.25, -0.2) is 0 Å². The van der Waals surface area contributed by atoms with Gasteiger partial charge in [0.2, 0.25) is 0 Å². The van der Waals surface area contributed by atoms with E-state index in [9.17, 15) is 0 Å². The van der Waals surface area contributed by atoms with Crippen LogP contribution in [0.2, 0.25) is 0 Å². The first-order valence-corrected chi connectivity index (χ1v) is 4.23. The molecular weight excluding hydrogens is 178 g/mol. The van der Waals surface area contributed by atoms with Crippen LogP contribution in [0.5, 0.6) is 0 Å². The third-order valence-electron chi connectivity index (χ3n) is 2.06. The number of nitrogens with zero attached hydrogens (tertiary/aromatic N) is 1. The van der Waals surface area contributed by atoms with Crippen molar-refractivity contribution in [1.29, 1.82) is 0 Å². The van der Waals surface area contributed by atoms with Crippen molar-refractivity contribution in [3.05, 3.63) is 11.3 Å². The minimum atomic E-state index is -0.452. The smallest absolute Gasteiger partial charge is 0.148 e. The first-order chi connectivity index (χ1) is 5.49. The van der Waals surface area contributed by atoms with Crippen molar-refractivity contribution in [3.63, 3.8) is 0 Å². The Bertz CT molecular complexity index is 203. The predicted octanol–water partition coefficient (Wildman–Crippen LogP) is 2.08. The van der Waals surface area contributed by atoms with Crippen molar-refractivity contribution in [2.45, 2.75) is 32.5 Å². The number of hydrogen-bond acceptors (Lipinski definition) is 3. The Kier molecular flexibility index (Phi) is 2.66. The second-order valence-electron chi connectivity index (χ2n) is 3.26. The molecular formula is C8H14ClNO2. The summed E-state index contributed by atoms with van der Waals surface area (Å²) >= 11 is 5.86. The molecule has 0 aromatic heterocycles. The molecule has 0 aromatic carbocycles. The van der Waals surface area contributed by atoms with E-state index in [0.717, 1.165) is 0 Å². The van der Waals surface area contributed by atoms with Crippen molar-refractivity contribution >= 4 is 11.6 Å². The molecule has 3 nitrogen and oxygen atoms in total. The van der Waals surface area contributed by atoms with Crippen LogP contribution in [0.25, 0.3) is 0 Å². The summed E-state index contributed by atoms with van der Waals surface area (Å²) in [6.07, 6.45) is 1.53. The molecule has 0 bridgehead atoms. The van der Waals surface area contributed by atoms with Gasteiger partial charge in [0, 0.05) is 7.11 Å². The van der Waals surface area contributed by atoms with Gasteiger partial charge < -0.3 is 9.57 Å². The largest absolute Gasteiger partial charge is 0.409 e. The average Bonchev–Trinajstić information content (AvgIpc) is 2.33. The van der Waals surface area contributed by atoms with Crippen molar-refractivity contribution in [3.8, 4) is 0 Å². The van der Waals surface area contributed by atoms with E-state index in [4.69, 9.17) is 21.2 Å². The third kappa shape index (κ3) is 1.58. The monoisotopic (exact) mass is 191 g/mol. The summed E-state index contributed by atoms with van der Waals surface area (Å²) in [6, 6.07) is 0.0571. The molecule has 4 heteroatoms. The maximum Gasteiger partial charge on any atom is 0.148 e. The van der Waals surface area contributed by atoms with Gasteiger partial charge in [-0.3, -0.25) is 0 Å². The number of ether oxygens (including phenoxy) is 1. The molecule has 0 aliphatic carbocycles. The molecule has 1 unspecified atom stereocenters. The first-order valence-electron chi connectivity index (χ1n) is 3.86. The maximum atomic E-state index is 5.86. The second-order valence-corrected chi connectivity index (χ2v) is 3.70. The Labute approximate surface area is 77.8 Å². The van der Waals surface area contributed by atoms with E-state index in [2.05, 4.69) is 0 Å². The normalized spacial score (nSPS) is 25.4. The number of hydroxylamine groups is 2. The molecule has 0 saturated carbocycles. The van der Waals surface area contributed by atoms with Gasteiger partial charge in [0.1, 0.15) is 12.0 Å². The van der Waals surface area contributed by atoms with Gasteiger partial charge in [-0.15, -0.1) is 5.06 Å². The summed E-state index contributed by atoms with van der Waals surface area (Å²) in [5.74, 6) is 0. The molecule has 1 aliphatic heterocycles. The van der Waals surface area contributed by atoms with Gasteiger partial charge in [-0.1, -0.05) is 11.6 Å². The first kappa shape index (κ1) is 9.84. The summed E-state index contributed by atoms with van der Waals surface area (Å²) in [4.78, 5) is 5.25. The van der Waals surface area contributed by atoms with Crippen molar-refractivity contribution in [1.82, 2.24) is 5.06 Å². The molecule has 0 spiro atoms. The van der Waals surface area contributed by atoms with Crippen molar-refractivity contribution in [2.75, 3.05) is 7.11 Å². The predicted molar refractivity (Wildman–Crippen MR) is 47.4 cm³/mol. The molecule has 1 rings (SSSR count). The Morgan fingerprint density at radius 2 is 2.25 bits per heavy atom. The molecule has 0 amide bonds. The zero-order valence-corrected chi connectivity index (χ0v) is 8.55. The van der Waals surface area contributed by atoms with Crippen LogP contribution in [-0.4, -0.2) is 23.9 Å². The van der Waals surface area contributed by atoms with Crippen LogP contribution in [-0.2, 0) is 9.57 Å². The summed E-state index contributed by atoms with van der Waals surface area (Å²) in [5, 5.41) is 2.41. The Morgan fingerprint density at radius 3 is 2.58 bits per heavy atom. The lowest BCUT2D eigenvalue weighted by Gasteiger charge is -2.34. The van der Waals surface area contributed by atoms with Gasteiger partial charge in [-0.05, 0) is 20.8 Å². The van der Waals surface area contributed by atoms with E-state index < -0.39 is 5.72 Å². The van der Waals surface area contributed by atoms with Gasteiger partial charge >= 0.3 is 0 Å². The average molecular weight is 192 g/mol. The molecule has 70 valence electrons. The SMILES string of the molecule is COC(C)(C)N1OC=C(Cl)C1C. The third-order valence-corrected chi connectivity index (χ3v) is 2.46. The Morgan fingerprint density at radius 1 is 1.67 bits per heavy atom. The number of hydrogen-bond donors (Lipinski definition) is 0. The standard InChI is InChI=1S/C8H14ClNO2/c1-6-7(9)5-12-10(6)8(2,3)11-4/h5-6H,1-4H3. The van der Waals surface area contributed by atoms with Gasteiger partial charge in [0.15, 0.2) is 0 Å². The fourth-order valence-electron chi connectivity index (χ4n) is 1.09. The Hall–Kier alpha value is -0.250. The molecule has 1 heterocycles. The summed E-state index contributed by atoms with van der Waals surface area (Å²) < 4.78 is 5.25. The van der Waals surface area contributed by atoms with E-state index in [0.29, 0.717) is 5.03 Å². The van der Waals surface area contributed by atoms with Gasteiger partial charge in [-0.2, -0.15) is 0 Å². The number of halogens is 1. The van der Waals surface area contributed by atoms with E-state index in [1.165, 1.54) is 6.26 Å². The lowest BCUT2D eigenvalue weighted by atomic mass is 10.2. The van der Waals surface area contributed by atoms with Crippen LogP contribution in [0.15, 0.2) is 11.3 Å². The highest BCUT2D eigenvalue weighted by Crippen LogP contribution is 2.29. The number of rotatable bonds is 2. The van der Waals surface area contributed by atoms with E-state index in [1.807, 2.05) is 20.8 Å². The van der Waals surface area contributed by atoms with Crippen LogP contribution in [0.3, 0.4) is 0 Å². The van der Waals surface area contributed by atoms with Gasteiger partial charge in [0.25, 0.3) is 0 Å². The highest BCUT2D eigenvalue weighted by Gasteiger charge is 2.37. The minimum absolute atomic E-state index is 0.0571. The van der Waals surface area contributed by atoms with Crippen LogP contribution in [0, 0.1) is 0 Å². The topological polar surface area (TPSA) is 21.7 Å². The fraction of sp³-hybridized carbons (Fsp3) is 0.750. The van der Waals surface area contributed by atoms with Crippen molar-refractivity contribution < 1.29 is 9.57 Å². The Balaban J connectivity index is 2.69. The van der Waals surface area contributed by atoms with E-state index in [1.54, 1.807) is 12.2 Å². The second kappa shape index (κ2) is 3.24. The minimum Gasteiger partial charge on any atom is -0.409 e. The number of methoxy groups -OCH3 is 1. The highest BCUT2D eigenvalue weighted by molar-refractivity contribution is 6.30. The molecule has 0 radical (unpaired) electrons. The molecule has 0 N–H and O–H groups in total. The van der Waals surface area contributed by atoms with Gasteiger partial charge in [0.05, 0.1) is 11.1 Å². The zero-order valence-electron chi connectivity index (χ0n) is 7.80. The van der Waals surface area contributed by atoms with Crippen LogP contribution >= 0.6 is 11.6 Å². The summed E-state index contributed by atoms with van der Waals surface area (Å²) in [6.45, 7) is 5.81. The van der Waals surface area contributed by atoms with Crippen LogP contribution < -0.4 is 0 Å². The molecule has 0 aromatic rings. The van der Waals surface area contributed by atoms with E-state index in [-0.39, 0.29) is 6.04 Å².